The predicted octanol–water partition coefficient (Wildman–Crippen LogP) is 1.66. The van der Waals surface area contributed by atoms with Crippen LogP contribution in [0, 0.1) is 0 Å². The molecule has 0 aliphatic rings. The number of nitrogens with two attached hydrogens (primary N) is 1. The minimum Gasteiger partial charge on any atom is -0.337 e. The molecule has 2 heterocycles. The molecule has 2 N–H and O–H groups in total. The normalized spacial score (nSPS) is 12.9. The minimum atomic E-state index is -0.173. The highest BCUT2D eigenvalue weighted by Crippen LogP contribution is 2.19. The molecule has 2 aromatic rings. The van der Waals surface area contributed by atoms with Crippen molar-refractivity contribution in [3.63, 3.8) is 0 Å². The molecule has 6 nitrogen and oxygen atoms in total. The molecule has 92 valence electrons. The molecule has 0 aliphatic heterocycles. The fourth-order valence-electron chi connectivity index (χ4n) is 1.59. The molecule has 2 rings (SSSR count). The Bertz CT molecular complexity index is 476. The van der Waals surface area contributed by atoms with Gasteiger partial charge in [-0.3, -0.25) is 4.68 Å². The van der Waals surface area contributed by atoms with E-state index in [0.29, 0.717) is 11.7 Å². The van der Waals surface area contributed by atoms with Crippen LogP contribution in [-0.2, 0) is 7.05 Å². The van der Waals surface area contributed by atoms with Crippen LogP contribution >= 0.6 is 0 Å². The summed E-state index contributed by atoms with van der Waals surface area (Å²) >= 11 is 0. The zero-order chi connectivity index (χ0) is 12.3. The van der Waals surface area contributed by atoms with Crippen molar-refractivity contribution < 1.29 is 4.52 Å². The lowest BCUT2D eigenvalue weighted by molar-refractivity contribution is 0.346. The first-order valence-electron chi connectivity index (χ1n) is 5.79. The number of aromatic nitrogens is 4. The van der Waals surface area contributed by atoms with Gasteiger partial charge in [0.25, 0.3) is 0 Å². The molecular formula is C11H17N5O. The Morgan fingerprint density at radius 3 is 3.00 bits per heavy atom. The largest absolute Gasteiger partial charge is 0.337 e. The Morgan fingerprint density at radius 1 is 1.53 bits per heavy atom. The molecule has 0 spiro atoms. The number of unbranched alkanes of at least 4 members (excludes halogenated alkanes) is 1. The zero-order valence-electron chi connectivity index (χ0n) is 10.1. The van der Waals surface area contributed by atoms with Crippen molar-refractivity contribution in [3.05, 3.63) is 18.3 Å². The van der Waals surface area contributed by atoms with Gasteiger partial charge in [0.2, 0.25) is 11.7 Å². The van der Waals surface area contributed by atoms with Crippen LogP contribution in [0.2, 0.25) is 0 Å². The minimum absolute atomic E-state index is 0.173. The summed E-state index contributed by atoms with van der Waals surface area (Å²) in [6.07, 6.45) is 6.58. The third kappa shape index (κ3) is 2.71. The van der Waals surface area contributed by atoms with Crippen LogP contribution in [0.5, 0.6) is 0 Å². The van der Waals surface area contributed by atoms with Crippen LogP contribution in [0.25, 0.3) is 11.4 Å². The third-order valence-corrected chi connectivity index (χ3v) is 2.59. The summed E-state index contributed by atoms with van der Waals surface area (Å²) in [4.78, 5) is 4.29. The zero-order valence-corrected chi connectivity index (χ0v) is 10.1. The first kappa shape index (κ1) is 11.8. The van der Waals surface area contributed by atoms with Crippen molar-refractivity contribution >= 4 is 0 Å². The van der Waals surface area contributed by atoms with Gasteiger partial charge in [0.1, 0.15) is 0 Å². The molecule has 6 heteroatoms. The highest BCUT2D eigenvalue weighted by Gasteiger charge is 2.15. The van der Waals surface area contributed by atoms with Crippen molar-refractivity contribution in [2.45, 2.75) is 32.2 Å². The molecule has 0 fully saturated rings. The summed E-state index contributed by atoms with van der Waals surface area (Å²) in [5, 5.41) is 7.97. The second kappa shape index (κ2) is 5.09. The van der Waals surface area contributed by atoms with Crippen LogP contribution in [-0.4, -0.2) is 19.9 Å². The van der Waals surface area contributed by atoms with Crippen LogP contribution in [0.4, 0.5) is 0 Å². The average Bonchev–Trinajstić information content (AvgIpc) is 2.93. The Morgan fingerprint density at radius 2 is 2.35 bits per heavy atom. The summed E-state index contributed by atoms with van der Waals surface area (Å²) in [6.45, 7) is 2.13. The molecule has 0 saturated carbocycles. The van der Waals surface area contributed by atoms with Crippen LogP contribution in [0.15, 0.2) is 16.9 Å². The Hall–Kier alpha value is -1.69. The maximum absolute atomic E-state index is 5.96. The number of nitrogens with zero attached hydrogens (tertiary/aromatic N) is 4. The number of aryl methyl sites for hydroxylation is 1. The highest BCUT2D eigenvalue weighted by atomic mass is 16.5. The molecule has 0 saturated heterocycles. The van der Waals surface area contributed by atoms with Gasteiger partial charge in [0.05, 0.1) is 17.8 Å². The van der Waals surface area contributed by atoms with E-state index in [1.54, 1.807) is 10.9 Å². The molecule has 17 heavy (non-hydrogen) atoms. The van der Waals surface area contributed by atoms with Crippen LogP contribution < -0.4 is 5.73 Å². The second-order valence-corrected chi connectivity index (χ2v) is 4.11. The predicted molar refractivity (Wildman–Crippen MR) is 63.0 cm³/mol. The van der Waals surface area contributed by atoms with E-state index in [0.717, 1.165) is 24.8 Å². The Kier molecular flexibility index (Phi) is 3.53. The summed E-state index contributed by atoms with van der Waals surface area (Å²) in [5.41, 5.74) is 6.80. The first-order valence-corrected chi connectivity index (χ1v) is 5.79. The maximum atomic E-state index is 5.96. The molecule has 0 bridgehead atoms. The van der Waals surface area contributed by atoms with Crippen LogP contribution in [0.1, 0.15) is 38.1 Å². The van der Waals surface area contributed by atoms with Crippen molar-refractivity contribution in [2.24, 2.45) is 12.8 Å². The van der Waals surface area contributed by atoms with E-state index in [1.165, 1.54) is 0 Å². The fraction of sp³-hybridized carbons (Fsp3) is 0.545. The first-order chi connectivity index (χ1) is 8.20. The third-order valence-electron chi connectivity index (χ3n) is 2.59. The lowest BCUT2D eigenvalue weighted by Gasteiger charge is -2.03. The van der Waals surface area contributed by atoms with Gasteiger partial charge in [-0.15, -0.1) is 0 Å². The second-order valence-electron chi connectivity index (χ2n) is 4.11. The van der Waals surface area contributed by atoms with Crippen molar-refractivity contribution in [1.82, 2.24) is 19.9 Å². The summed E-state index contributed by atoms with van der Waals surface area (Å²) < 4.78 is 6.86. The molecule has 1 atom stereocenters. The number of hydrogen-bond acceptors (Lipinski definition) is 5. The number of hydrogen-bond donors (Lipinski definition) is 1. The van der Waals surface area contributed by atoms with E-state index in [-0.39, 0.29) is 6.04 Å². The lowest BCUT2D eigenvalue weighted by Crippen LogP contribution is -2.10. The van der Waals surface area contributed by atoms with Gasteiger partial charge in [-0.1, -0.05) is 24.9 Å². The molecule has 2 aromatic heterocycles. The lowest BCUT2D eigenvalue weighted by atomic mass is 10.1. The van der Waals surface area contributed by atoms with E-state index in [9.17, 15) is 0 Å². The van der Waals surface area contributed by atoms with E-state index in [4.69, 9.17) is 10.3 Å². The monoisotopic (exact) mass is 235 g/mol. The SMILES string of the molecule is CCCC[C@H](N)c1nc(-c2cnn(C)c2)no1. The number of rotatable bonds is 5. The molecule has 0 aliphatic carbocycles. The molecule has 0 aromatic carbocycles. The topological polar surface area (TPSA) is 82.8 Å². The molecular weight excluding hydrogens is 218 g/mol. The van der Waals surface area contributed by atoms with E-state index >= 15 is 0 Å². The summed E-state index contributed by atoms with van der Waals surface area (Å²) in [6, 6.07) is -0.173. The van der Waals surface area contributed by atoms with Crippen molar-refractivity contribution in [3.8, 4) is 11.4 Å². The quantitative estimate of drug-likeness (QED) is 0.852. The maximum Gasteiger partial charge on any atom is 0.243 e. The molecule has 0 unspecified atom stereocenters. The van der Waals surface area contributed by atoms with Gasteiger partial charge in [0, 0.05) is 13.2 Å². The van der Waals surface area contributed by atoms with Gasteiger partial charge in [0.15, 0.2) is 0 Å². The van der Waals surface area contributed by atoms with E-state index < -0.39 is 0 Å². The van der Waals surface area contributed by atoms with E-state index in [2.05, 4.69) is 22.2 Å². The van der Waals surface area contributed by atoms with Crippen molar-refractivity contribution in [1.29, 1.82) is 0 Å². The van der Waals surface area contributed by atoms with Crippen molar-refractivity contribution in [2.75, 3.05) is 0 Å². The average molecular weight is 235 g/mol. The van der Waals surface area contributed by atoms with Gasteiger partial charge >= 0.3 is 0 Å². The smallest absolute Gasteiger partial charge is 0.243 e. The Labute approximate surface area is 99.8 Å². The van der Waals surface area contributed by atoms with Gasteiger partial charge in [-0.05, 0) is 6.42 Å². The van der Waals surface area contributed by atoms with E-state index in [1.807, 2.05) is 13.2 Å². The highest BCUT2D eigenvalue weighted by molar-refractivity contribution is 5.51. The van der Waals surface area contributed by atoms with Gasteiger partial charge < -0.3 is 10.3 Å². The molecule has 0 radical (unpaired) electrons. The standard InChI is InChI=1S/C11H17N5O/c1-3-4-5-9(12)11-14-10(15-17-11)8-6-13-16(2)7-8/h6-7,9H,3-5,12H2,1-2H3/t9-/m0/s1. The summed E-state index contributed by atoms with van der Waals surface area (Å²) in [5.74, 6) is 1.04. The summed E-state index contributed by atoms with van der Waals surface area (Å²) in [7, 11) is 1.84. The van der Waals surface area contributed by atoms with Gasteiger partial charge in [-0.2, -0.15) is 10.1 Å². The Balaban J connectivity index is 2.10. The van der Waals surface area contributed by atoms with Gasteiger partial charge in [-0.25, -0.2) is 0 Å². The fourth-order valence-corrected chi connectivity index (χ4v) is 1.59. The van der Waals surface area contributed by atoms with Crippen LogP contribution in [0.3, 0.4) is 0 Å². The molecule has 0 amide bonds.